The van der Waals surface area contributed by atoms with Gasteiger partial charge < -0.3 is 9.88 Å². The monoisotopic (exact) mass is 454 g/mol. The van der Waals surface area contributed by atoms with Crippen LogP contribution >= 0.6 is 0 Å². The van der Waals surface area contributed by atoms with E-state index >= 15 is 0 Å². The van der Waals surface area contributed by atoms with Crippen molar-refractivity contribution in [2.24, 2.45) is 0 Å². The van der Waals surface area contributed by atoms with Crippen LogP contribution in [0.2, 0.25) is 0 Å². The van der Waals surface area contributed by atoms with Crippen molar-refractivity contribution in [3.63, 3.8) is 0 Å². The molecule has 1 N–H and O–H groups in total. The van der Waals surface area contributed by atoms with E-state index in [0.717, 1.165) is 0 Å². The molecule has 1 aliphatic rings. The second-order valence-electron chi connectivity index (χ2n) is 7.99. The minimum Gasteiger partial charge on any atom is -0.309 e. The van der Waals surface area contributed by atoms with Gasteiger partial charge >= 0.3 is 0 Å². The summed E-state index contributed by atoms with van der Waals surface area (Å²) >= 11 is 0. The molecule has 1 amide bonds. The Labute approximate surface area is 186 Å². The van der Waals surface area contributed by atoms with Crippen LogP contribution in [-0.4, -0.2) is 59.8 Å². The number of nitrogens with one attached hydrogen (secondary N) is 1. The normalized spacial score (nSPS) is 17.6. The van der Waals surface area contributed by atoms with Crippen molar-refractivity contribution in [1.29, 1.82) is 0 Å². The van der Waals surface area contributed by atoms with E-state index in [1.54, 1.807) is 23.1 Å². The predicted octanol–water partition coefficient (Wildman–Crippen LogP) is 1.97. The van der Waals surface area contributed by atoms with E-state index in [2.05, 4.69) is 9.97 Å². The van der Waals surface area contributed by atoms with Crippen molar-refractivity contribution in [3.05, 3.63) is 70.8 Å². The molecule has 32 heavy (non-hydrogen) atoms. The number of nitrogens with zero attached hydrogens (tertiary/aromatic N) is 3. The maximum atomic E-state index is 13.4. The lowest BCUT2D eigenvalue weighted by molar-refractivity contribution is -0.120. The average molecular weight is 455 g/mol. The van der Waals surface area contributed by atoms with E-state index in [1.165, 1.54) is 0 Å². The van der Waals surface area contributed by atoms with Crippen molar-refractivity contribution in [3.8, 4) is 0 Å². The summed E-state index contributed by atoms with van der Waals surface area (Å²) in [5.74, 6) is 0.370. The molecule has 168 valence electrons. The Morgan fingerprint density at radius 1 is 1.12 bits per heavy atom. The van der Waals surface area contributed by atoms with Crippen molar-refractivity contribution in [2.45, 2.75) is 25.9 Å². The van der Waals surface area contributed by atoms with E-state index in [0.29, 0.717) is 41.9 Å². The van der Waals surface area contributed by atoms with Crippen molar-refractivity contribution >= 4 is 32.3 Å². The summed E-state index contributed by atoms with van der Waals surface area (Å²) in [4.78, 5) is 36.6. The van der Waals surface area contributed by atoms with Gasteiger partial charge in [0.05, 0.1) is 41.5 Å². The second-order valence-corrected chi connectivity index (χ2v) is 10.2. The van der Waals surface area contributed by atoms with Crippen molar-refractivity contribution in [2.75, 3.05) is 29.5 Å². The number of anilines is 1. The molecule has 0 radical (unpaired) electrons. The first-order chi connectivity index (χ1) is 15.4. The van der Waals surface area contributed by atoms with E-state index in [4.69, 9.17) is 0 Å². The summed E-state index contributed by atoms with van der Waals surface area (Å²) in [7, 11) is -3.15. The molecule has 1 saturated heterocycles. The van der Waals surface area contributed by atoms with Gasteiger partial charge in [0.2, 0.25) is 5.91 Å². The summed E-state index contributed by atoms with van der Waals surface area (Å²) in [6, 6.07) is 15.9. The number of carbonyl (C=O) groups is 1. The number of aromatic amines is 1. The van der Waals surface area contributed by atoms with Crippen LogP contribution in [0.15, 0.2) is 59.4 Å². The van der Waals surface area contributed by atoms with E-state index in [-0.39, 0.29) is 35.6 Å². The first-order valence-electron chi connectivity index (χ1n) is 10.6. The fraction of sp³-hybridized carbons (Fsp3) is 0.348. The van der Waals surface area contributed by atoms with Crippen LogP contribution in [-0.2, 0) is 21.2 Å². The third kappa shape index (κ3) is 4.89. The number of sulfone groups is 1. The predicted molar refractivity (Wildman–Crippen MR) is 124 cm³/mol. The maximum Gasteiger partial charge on any atom is 0.258 e. The van der Waals surface area contributed by atoms with Gasteiger partial charge in [0, 0.05) is 5.69 Å². The van der Waals surface area contributed by atoms with Gasteiger partial charge in [-0.15, -0.1) is 0 Å². The Hall–Kier alpha value is -3.04. The summed E-state index contributed by atoms with van der Waals surface area (Å²) in [6.45, 7) is 2.87. The smallest absolute Gasteiger partial charge is 0.258 e. The van der Waals surface area contributed by atoms with Crippen LogP contribution < -0.4 is 10.5 Å². The Kier molecular flexibility index (Phi) is 6.38. The molecule has 1 aliphatic heterocycles. The fourth-order valence-corrected chi connectivity index (χ4v) is 5.79. The standard InChI is InChI=1S/C23H26N4O4S/c1-2-26(14-21-24-20-11-7-6-10-19(20)23(29)25-21)15-22(28)27(17-8-4-3-5-9-17)18-12-13-32(30,31)16-18/h3-11,18H,2,12-16H2,1H3,(H,24,25,29)/t18-/m0/s1. The number of H-pyrrole nitrogens is 1. The van der Waals surface area contributed by atoms with Crippen LogP contribution in [0, 0.1) is 0 Å². The number of fused-ring (bicyclic) bond motifs is 1. The molecule has 2 heterocycles. The molecular weight excluding hydrogens is 428 g/mol. The molecule has 3 aromatic rings. The summed E-state index contributed by atoms with van der Waals surface area (Å²) in [5, 5.41) is 0.521. The highest BCUT2D eigenvalue weighted by atomic mass is 32.2. The Bertz CT molecular complexity index is 1270. The first kappa shape index (κ1) is 22.2. The van der Waals surface area contributed by atoms with Crippen molar-refractivity contribution in [1.82, 2.24) is 14.9 Å². The number of benzene rings is 2. The zero-order valence-corrected chi connectivity index (χ0v) is 18.7. The Morgan fingerprint density at radius 2 is 1.84 bits per heavy atom. The molecule has 9 heteroatoms. The molecule has 0 unspecified atom stereocenters. The third-order valence-corrected chi connectivity index (χ3v) is 7.47. The van der Waals surface area contributed by atoms with Gasteiger partial charge in [-0.1, -0.05) is 37.3 Å². The van der Waals surface area contributed by atoms with E-state index in [1.807, 2.05) is 48.2 Å². The van der Waals surface area contributed by atoms with Crippen LogP contribution in [0.3, 0.4) is 0 Å². The van der Waals surface area contributed by atoms with Gasteiger partial charge in [-0.05, 0) is 37.2 Å². The summed E-state index contributed by atoms with van der Waals surface area (Å²) in [6.07, 6.45) is 0.425. The van der Waals surface area contributed by atoms with E-state index < -0.39 is 9.84 Å². The summed E-state index contributed by atoms with van der Waals surface area (Å²) in [5.41, 5.74) is 1.08. The lowest BCUT2D eigenvalue weighted by atomic mass is 10.1. The molecule has 0 saturated carbocycles. The highest BCUT2D eigenvalue weighted by Gasteiger charge is 2.35. The number of likely N-dealkylation sites (N-methyl/N-ethyl adjacent to an activating group) is 1. The quantitative estimate of drug-likeness (QED) is 0.585. The number of amides is 1. The van der Waals surface area contributed by atoms with Gasteiger partial charge in [0.25, 0.3) is 5.56 Å². The highest BCUT2D eigenvalue weighted by Crippen LogP contribution is 2.25. The molecule has 1 atom stereocenters. The Morgan fingerprint density at radius 3 is 2.53 bits per heavy atom. The zero-order chi connectivity index (χ0) is 22.7. The maximum absolute atomic E-state index is 13.4. The minimum atomic E-state index is -3.15. The fourth-order valence-electron chi connectivity index (χ4n) is 4.09. The summed E-state index contributed by atoms with van der Waals surface area (Å²) < 4.78 is 24.1. The molecular formula is C23H26N4O4S. The van der Waals surface area contributed by atoms with E-state index in [9.17, 15) is 18.0 Å². The Balaban J connectivity index is 1.56. The molecule has 4 rings (SSSR count). The SMILES string of the molecule is CCN(CC(=O)N(c1ccccc1)[C@H]1CCS(=O)(=O)C1)Cc1nc2ccccc2c(=O)[nH]1. The number of hydrogen-bond donors (Lipinski definition) is 1. The third-order valence-electron chi connectivity index (χ3n) is 5.72. The molecule has 8 nitrogen and oxygen atoms in total. The zero-order valence-electron chi connectivity index (χ0n) is 17.9. The van der Waals surface area contributed by atoms with Crippen LogP contribution in [0.25, 0.3) is 10.9 Å². The first-order valence-corrected chi connectivity index (χ1v) is 12.5. The molecule has 0 bridgehead atoms. The average Bonchev–Trinajstić information content (AvgIpc) is 3.13. The largest absolute Gasteiger partial charge is 0.309 e. The number of para-hydroxylation sites is 2. The van der Waals surface area contributed by atoms with Gasteiger partial charge in [0.15, 0.2) is 9.84 Å². The second kappa shape index (κ2) is 9.22. The molecule has 0 spiro atoms. The number of carbonyl (C=O) groups excluding carboxylic acids is 1. The molecule has 0 aliphatic carbocycles. The van der Waals surface area contributed by atoms with Gasteiger partial charge in [0.1, 0.15) is 5.82 Å². The molecule has 1 fully saturated rings. The van der Waals surface area contributed by atoms with Crippen LogP contribution in [0.5, 0.6) is 0 Å². The van der Waals surface area contributed by atoms with Crippen molar-refractivity contribution < 1.29 is 13.2 Å². The number of hydrogen-bond acceptors (Lipinski definition) is 6. The molecule has 2 aromatic carbocycles. The van der Waals surface area contributed by atoms with Gasteiger partial charge in [-0.25, -0.2) is 13.4 Å². The number of rotatable bonds is 7. The van der Waals surface area contributed by atoms with Gasteiger partial charge in [-0.3, -0.25) is 14.5 Å². The van der Waals surface area contributed by atoms with Gasteiger partial charge in [-0.2, -0.15) is 0 Å². The number of aromatic nitrogens is 2. The topological polar surface area (TPSA) is 103 Å². The lowest BCUT2D eigenvalue weighted by Crippen LogP contribution is -2.46. The highest BCUT2D eigenvalue weighted by molar-refractivity contribution is 7.91. The van der Waals surface area contributed by atoms with Crippen LogP contribution in [0.4, 0.5) is 5.69 Å². The lowest BCUT2D eigenvalue weighted by Gasteiger charge is -2.31. The van der Waals surface area contributed by atoms with Crippen LogP contribution in [0.1, 0.15) is 19.2 Å². The minimum absolute atomic E-state index is 0.0285. The molecule has 1 aromatic heterocycles.